The Balaban J connectivity index is 1.71. The summed E-state index contributed by atoms with van der Waals surface area (Å²) in [6.45, 7) is 2.68. The van der Waals surface area contributed by atoms with Gasteiger partial charge in [-0.15, -0.1) is 0 Å². The van der Waals surface area contributed by atoms with E-state index in [2.05, 4.69) is 15.0 Å². The van der Waals surface area contributed by atoms with E-state index in [0.29, 0.717) is 43.8 Å². The summed E-state index contributed by atoms with van der Waals surface area (Å²) in [7, 11) is 0. The highest BCUT2D eigenvalue weighted by molar-refractivity contribution is 6.28. The molecule has 1 aliphatic rings. The number of hydrogen-bond donors (Lipinski definition) is 2. The summed E-state index contributed by atoms with van der Waals surface area (Å²) < 4.78 is 5.40. The van der Waals surface area contributed by atoms with Crippen molar-refractivity contribution in [3.05, 3.63) is 58.9 Å². The van der Waals surface area contributed by atoms with Crippen LogP contribution in [0, 0.1) is 0 Å². The first kappa shape index (κ1) is 19.2. The largest absolute Gasteiger partial charge is 0.399 e. The lowest BCUT2D eigenvalue weighted by atomic mass is 10.0. The number of nitrogen functional groups attached to an aromatic ring is 2. The lowest BCUT2D eigenvalue weighted by Gasteiger charge is -2.26. The van der Waals surface area contributed by atoms with Crippen molar-refractivity contribution in [1.29, 1.82) is 0 Å². The van der Waals surface area contributed by atoms with Gasteiger partial charge in [-0.3, -0.25) is 0 Å². The average molecular weight is 409 g/mol. The third-order valence-corrected chi connectivity index (χ3v) is 4.77. The van der Waals surface area contributed by atoms with Crippen molar-refractivity contribution < 1.29 is 4.74 Å². The van der Waals surface area contributed by atoms with E-state index in [1.165, 1.54) is 0 Å². The molecule has 2 heterocycles. The van der Waals surface area contributed by atoms with Crippen LogP contribution in [0.15, 0.2) is 42.5 Å². The van der Waals surface area contributed by atoms with Crippen molar-refractivity contribution in [3.63, 3.8) is 0 Å². The average Bonchev–Trinajstić information content (AvgIpc) is 2.74. The number of ether oxygens (including phenoxy) is 1. The van der Waals surface area contributed by atoms with Crippen LogP contribution >= 0.6 is 11.6 Å². The van der Waals surface area contributed by atoms with E-state index >= 15 is 0 Å². The monoisotopic (exact) mass is 408 g/mol. The van der Waals surface area contributed by atoms with Crippen LogP contribution in [-0.4, -0.2) is 41.3 Å². The maximum absolute atomic E-state index is 6.22. The Morgan fingerprint density at radius 2 is 1.62 bits per heavy atom. The number of halogens is 1. The molecule has 0 unspecified atom stereocenters. The van der Waals surface area contributed by atoms with E-state index in [1.807, 2.05) is 59.5 Å². The second-order valence-corrected chi connectivity index (χ2v) is 7.01. The van der Waals surface area contributed by atoms with Crippen LogP contribution in [0.4, 0.5) is 17.3 Å². The minimum atomic E-state index is 0.146. The van der Waals surface area contributed by atoms with Gasteiger partial charge in [-0.1, -0.05) is 30.4 Å². The van der Waals surface area contributed by atoms with Gasteiger partial charge in [0.05, 0.1) is 13.2 Å². The Kier molecular flexibility index (Phi) is 5.59. The maximum atomic E-state index is 6.22. The molecule has 1 aliphatic heterocycles. The third-order valence-electron chi connectivity index (χ3n) is 4.60. The van der Waals surface area contributed by atoms with Crippen molar-refractivity contribution in [3.8, 4) is 11.4 Å². The standard InChI is InChI=1S/C21H21ClN6O/c22-20-25-19(26-21(27-20)28-9-11-29-12-10-28)18-13-17(24)8-5-15(18)4-1-14-2-6-16(23)7-3-14/h1-8,13H,9-12,23-24H2. The Morgan fingerprint density at radius 3 is 2.38 bits per heavy atom. The fourth-order valence-corrected chi connectivity index (χ4v) is 3.23. The quantitative estimate of drug-likeness (QED) is 0.503. The molecule has 0 radical (unpaired) electrons. The van der Waals surface area contributed by atoms with Crippen LogP contribution in [0.3, 0.4) is 0 Å². The summed E-state index contributed by atoms with van der Waals surface area (Å²) in [5, 5.41) is 0.146. The van der Waals surface area contributed by atoms with E-state index in [4.69, 9.17) is 27.8 Å². The lowest BCUT2D eigenvalue weighted by Crippen LogP contribution is -2.37. The highest BCUT2D eigenvalue weighted by Gasteiger charge is 2.17. The summed E-state index contributed by atoms with van der Waals surface area (Å²) in [6.07, 6.45) is 3.99. The second kappa shape index (κ2) is 8.46. The predicted molar refractivity (Wildman–Crippen MR) is 117 cm³/mol. The number of nitrogens with two attached hydrogens (primary N) is 2. The number of anilines is 3. The van der Waals surface area contributed by atoms with E-state index < -0.39 is 0 Å². The molecule has 148 valence electrons. The van der Waals surface area contributed by atoms with Gasteiger partial charge in [0.25, 0.3) is 0 Å². The van der Waals surface area contributed by atoms with Crippen LogP contribution < -0.4 is 16.4 Å². The maximum Gasteiger partial charge on any atom is 0.230 e. The van der Waals surface area contributed by atoms with Gasteiger partial charge in [-0.2, -0.15) is 15.0 Å². The molecule has 0 bridgehead atoms. The number of morpholine rings is 1. The summed E-state index contributed by atoms with van der Waals surface area (Å²) in [5.41, 5.74) is 15.9. The fraction of sp³-hybridized carbons (Fsp3) is 0.190. The molecule has 1 fully saturated rings. The number of benzene rings is 2. The van der Waals surface area contributed by atoms with Crippen LogP contribution in [0.25, 0.3) is 23.5 Å². The van der Waals surface area contributed by atoms with E-state index in [1.54, 1.807) is 0 Å². The van der Waals surface area contributed by atoms with Crippen molar-refractivity contribution in [1.82, 2.24) is 15.0 Å². The summed E-state index contributed by atoms with van der Waals surface area (Å²) in [5.74, 6) is 1.02. The Morgan fingerprint density at radius 1 is 0.897 bits per heavy atom. The molecule has 1 aromatic heterocycles. The molecule has 7 nitrogen and oxygen atoms in total. The topological polar surface area (TPSA) is 103 Å². The first-order valence-electron chi connectivity index (χ1n) is 9.26. The van der Waals surface area contributed by atoms with Crippen LogP contribution in [0.1, 0.15) is 11.1 Å². The highest BCUT2D eigenvalue weighted by Crippen LogP contribution is 2.27. The van der Waals surface area contributed by atoms with Gasteiger partial charge in [0.15, 0.2) is 5.82 Å². The van der Waals surface area contributed by atoms with Crippen LogP contribution in [0.5, 0.6) is 0 Å². The van der Waals surface area contributed by atoms with Crippen molar-refractivity contribution in [2.75, 3.05) is 42.7 Å². The Hall–Kier alpha value is -3.16. The van der Waals surface area contributed by atoms with Gasteiger partial charge in [0, 0.05) is 30.0 Å². The molecular weight excluding hydrogens is 388 g/mol. The van der Waals surface area contributed by atoms with Crippen molar-refractivity contribution in [2.45, 2.75) is 0 Å². The molecule has 0 aliphatic carbocycles. The molecule has 0 amide bonds. The van der Waals surface area contributed by atoms with Crippen LogP contribution in [-0.2, 0) is 4.74 Å². The smallest absolute Gasteiger partial charge is 0.230 e. The fourth-order valence-electron chi connectivity index (χ4n) is 3.07. The zero-order valence-electron chi connectivity index (χ0n) is 15.8. The summed E-state index contributed by atoms with van der Waals surface area (Å²) >= 11 is 6.22. The normalized spacial score (nSPS) is 14.4. The third kappa shape index (κ3) is 4.64. The first-order valence-corrected chi connectivity index (χ1v) is 9.64. The molecule has 0 spiro atoms. The molecular formula is C21H21ClN6O. The zero-order chi connectivity index (χ0) is 20.2. The van der Waals surface area contributed by atoms with Gasteiger partial charge in [-0.25, -0.2) is 0 Å². The molecule has 0 atom stereocenters. The number of hydrogen-bond acceptors (Lipinski definition) is 7. The number of nitrogens with zero attached hydrogens (tertiary/aromatic N) is 4. The van der Waals surface area contributed by atoms with Crippen LogP contribution in [0.2, 0.25) is 5.28 Å². The molecule has 3 aromatic rings. The molecule has 8 heteroatoms. The molecule has 1 saturated heterocycles. The molecule has 4 N–H and O–H groups in total. The summed E-state index contributed by atoms with van der Waals surface area (Å²) in [4.78, 5) is 15.3. The minimum Gasteiger partial charge on any atom is -0.399 e. The van der Waals surface area contributed by atoms with E-state index in [0.717, 1.165) is 22.4 Å². The van der Waals surface area contributed by atoms with Gasteiger partial charge in [0.2, 0.25) is 11.2 Å². The first-order chi connectivity index (χ1) is 14.1. The predicted octanol–water partition coefficient (Wildman–Crippen LogP) is 3.36. The highest BCUT2D eigenvalue weighted by atomic mass is 35.5. The van der Waals surface area contributed by atoms with E-state index in [-0.39, 0.29) is 5.28 Å². The van der Waals surface area contributed by atoms with E-state index in [9.17, 15) is 0 Å². The molecule has 0 saturated carbocycles. The Bertz CT molecular complexity index is 1030. The van der Waals surface area contributed by atoms with Gasteiger partial charge in [0.1, 0.15) is 0 Å². The Labute approximate surface area is 174 Å². The zero-order valence-corrected chi connectivity index (χ0v) is 16.5. The summed E-state index contributed by atoms with van der Waals surface area (Å²) in [6, 6.07) is 13.3. The second-order valence-electron chi connectivity index (χ2n) is 6.67. The van der Waals surface area contributed by atoms with Gasteiger partial charge < -0.3 is 21.1 Å². The van der Waals surface area contributed by atoms with Gasteiger partial charge >= 0.3 is 0 Å². The minimum absolute atomic E-state index is 0.146. The molecule has 29 heavy (non-hydrogen) atoms. The molecule has 4 rings (SSSR count). The number of rotatable bonds is 4. The van der Waals surface area contributed by atoms with Gasteiger partial charge in [-0.05, 0) is 47.0 Å². The SMILES string of the molecule is Nc1ccc(C=Cc2ccc(N)cc2-c2nc(Cl)nc(N3CCOCC3)n2)cc1. The number of aromatic nitrogens is 3. The van der Waals surface area contributed by atoms with Crippen molar-refractivity contribution >= 4 is 41.1 Å². The van der Waals surface area contributed by atoms with Crippen molar-refractivity contribution in [2.24, 2.45) is 0 Å². The lowest BCUT2D eigenvalue weighted by molar-refractivity contribution is 0.122. The molecule has 2 aromatic carbocycles.